The molecule has 194 valence electrons. The average Bonchev–Trinajstić information content (AvgIpc) is 3.62. The first-order chi connectivity index (χ1) is 17.2. The highest BCUT2D eigenvalue weighted by Crippen LogP contribution is 2.34. The van der Waals surface area contributed by atoms with E-state index in [9.17, 15) is 5.11 Å². The molecule has 0 saturated heterocycles. The number of benzene rings is 2. The lowest BCUT2D eigenvalue weighted by Gasteiger charge is -2.27. The highest BCUT2D eigenvalue weighted by atomic mass is 16.5. The van der Waals surface area contributed by atoms with E-state index in [1.807, 2.05) is 87.0 Å². The van der Waals surface area contributed by atoms with Crippen LogP contribution in [0.3, 0.4) is 0 Å². The lowest BCUT2D eigenvalue weighted by molar-refractivity contribution is -0.0569. The molecule has 0 spiro atoms. The molecule has 2 aromatic carbocycles. The van der Waals surface area contributed by atoms with Crippen molar-refractivity contribution in [3.05, 3.63) is 65.9 Å². The van der Waals surface area contributed by atoms with E-state index in [1.54, 1.807) is 7.11 Å². The summed E-state index contributed by atoms with van der Waals surface area (Å²) < 4.78 is 19.5. The number of aromatic nitrogens is 2. The lowest BCUT2D eigenvalue weighted by atomic mass is 10.2. The normalized spacial score (nSPS) is 14.8. The van der Waals surface area contributed by atoms with Crippen molar-refractivity contribution >= 4 is 0 Å². The van der Waals surface area contributed by atoms with Crippen LogP contribution in [0.25, 0.3) is 5.69 Å². The van der Waals surface area contributed by atoms with Gasteiger partial charge in [0, 0.05) is 19.6 Å². The van der Waals surface area contributed by atoms with E-state index in [4.69, 9.17) is 19.3 Å². The third-order valence-corrected chi connectivity index (χ3v) is 6.18. The Kier molecular flexibility index (Phi) is 8.34. The van der Waals surface area contributed by atoms with Gasteiger partial charge in [0.2, 0.25) is 5.88 Å². The number of rotatable bonds is 12. The molecule has 1 heterocycles. The van der Waals surface area contributed by atoms with Crippen LogP contribution >= 0.6 is 0 Å². The van der Waals surface area contributed by atoms with Gasteiger partial charge in [-0.15, -0.1) is 0 Å². The minimum atomic E-state index is -0.571. The summed E-state index contributed by atoms with van der Waals surface area (Å²) in [6.07, 6.45) is 1.91. The number of nitrogens with zero attached hydrogens (tertiary/aromatic N) is 3. The fourth-order valence-electron chi connectivity index (χ4n) is 4.11. The van der Waals surface area contributed by atoms with Gasteiger partial charge >= 0.3 is 0 Å². The molecule has 0 radical (unpaired) electrons. The lowest BCUT2D eigenvalue weighted by Crippen LogP contribution is -2.37. The maximum absolute atomic E-state index is 10.8. The number of methoxy groups -OCH3 is 1. The van der Waals surface area contributed by atoms with E-state index in [0.29, 0.717) is 37.2 Å². The predicted molar refractivity (Wildman–Crippen MR) is 141 cm³/mol. The predicted octanol–water partition coefficient (Wildman–Crippen LogP) is 5.37. The fourth-order valence-corrected chi connectivity index (χ4v) is 4.11. The Hall–Kier alpha value is -2.87. The summed E-state index contributed by atoms with van der Waals surface area (Å²) in [5.41, 5.74) is 2.57. The van der Waals surface area contributed by atoms with E-state index < -0.39 is 6.10 Å². The van der Waals surface area contributed by atoms with Crippen LogP contribution in [-0.4, -0.2) is 58.3 Å². The highest BCUT2D eigenvalue weighted by Gasteiger charge is 2.28. The summed E-state index contributed by atoms with van der Waals surface area (Å²) in [5, 5.41) is 15.6. The zero-order chi connectivity index (χ0) is 25.7. The van der Waals surface area contributed by atoms with Crippen molar-refractivity contribution in [2.45, 2.75) is 58.8 Å². The van der Waals surface area contributed by atoms with Crippen molar-refractivity contribution in [1.82, 2.24) is 14.7 Å². The summed E-state index contributed by atoms with van der Waals surface area (Å²) in [6.45, 7) is 10.4. The Labute approximate surface area is 214 Å². The van der Waals surface area contributed by atoms with Crippen molar-refractivity contribution in [3.8, 4) is 23.1 Å². The molecular weight excluding hydrogens is 454 g/mol. The van der Waals surface area contributed by atoms with Gasteiger partial charge in [0.25, 0.3) is 0 Å². The van der Waals surface area contributed by atoms with E-state index in [1.165, 1.54) is 12.8 Å². The quantitative estimate of drug-likeness (QED) is 0.366. The van der Waals surface area contributed by atoms with Gasteiger partial charge in [0.05, 0.1) is 42.4 Å². The van der Waals surface area contributed by atoms with Crippen molar-refractivity contribution < 1.29 is 19.3 Å². The number of hydrogen-bond donors (Lipinski definition) is 1. The first-order valence-electron chi connectivity index (χ1n) is 12.7. The standard InChI is InChI=1S/C29H39N3O4/c1-21-27(19-31(17-22-11-12-22)18-24(33)20-35-29(2,3)4)28(32(30-21)23-9-7-6-8-10-23)36-26-15-13-25(34-5)14-16-26/h6-10,13-16,22,24,33H,11-12,17-20H2,1-5H3/t24-/m0/s1. The van der Waals surface area contributed by atoms with Gasteiger partial charge < -0.3 is 19.3 Å². The summed E-state index contributed by atoms with van der Waals surface area (Å²) in [5.74, 6) is 2.85. The molecule has 1 N–H and O–H groups in total. The van der Waals surface area contributed by atoms with Gasteiger partial charge in [-0.25, -0.2) is 4.68 Å². The summed E-state index contributed by atoms with van der Waals surface area (Å²) in [6, 6.07) is 17.6. The van der Waals surface area contributed by atoms with Crippen LogP contribution < -0.4 is 9.47 Å². The van der Waals surface area contributed by atoms with Gasteiger partial charge in [-0.3, -0.25) is 4.90 Å². The van der Waals surface area contributed by atoms with Crippen LogP contribution in [0.1, 0.15) is 44.9 Å². The summed E-state index contributed by atoms with van der Waals surface area (Å²) in [4.78, 5) is 2.31. The largest absolute Gasteiger partial charge is 0.497 e. The first kappa shape index (κ1) is 26.2. The molecule has 1 aliphatic rings. The Morgan fingerprint density at radius 1 is 1.06 bits per heavy atom. The second kappa shape index (κ2) is 11.5. The molecule has 1 fully saturated rings. The van der Waals surface area contributed by atoms with E-state index in [-0.39, 0.29) is 5.60 Å². The molecule has 3 aromatic rings. The molecule has 0 bridgehead atoms. The number of para-hydroxylation sites is 1. The SMILES string of the molecule is COc1ccc(Oc2c(CN(CC3CC3)C[C@H](O)COC(C)(C)C)c(C)nn2-c2ccccc2)cc1. The summed E-state index contributed by atoms with van der Waals surface area (Å²) >= 11 is 0. The Morgan fingerprint density at radius 2 is 1.72 bits per heavy atom. The molecule has 1 saturated carbocycles. The number of aliphatic hydroxyl groups excluding tert-OH is 1. The third kappa shape index (κ3) is 7.32. The van der Waals surface area contributed by atoms with Crippen LogP contribution in [0.5, 0.6) is 17.4 Å². The smallest absolute Gasteiger partial charge is 0.227 e. The molecule has 0 amide bonds. The van der Waals surface area contributed by atoms with Crippen molar-refractivity contribution in [2.24, 2.45) is 5.92 Å². The third-order valence-electron chi connectivity index (χ3n) is 6.18. The minimum absolute atomic E-state index is 0.283. The summed E-state index contributed by atoms with van der Waals surface area (Å²) in [7, 11) is 1.65. The number of aryl methyl sites for hydroxylation is 1. The molecule has 1 aliphatic carbocycles. The molecular formula is C29H39N3O4. The van der Waals surface area contributed by atoms with E-state index >= 15 is 0 Å². The fraction of sp³-hybridized carbons (Fsp3) is 0.483. The van der Waals surface area contributed by atoms with Crippen molar-refractivity contribution in [3.63, 3.8) is 0 Å². The molecule has 1 aromatic heterocycles. The maximum atomic E-state index is 10.8. The van der Waals surface area contributed by atoms with E-state index in [0.717, 1.165) is 29.2 Å². The Balaban J connectivity index is 1.61. The first-order valence-corrected chi connectivity index (χ1v) is 12.7. The van der Waals surface area contributed by atoms with Gasteiger partial charge in [-0.05, 0) is 82.9 Å². The highest BCUT2D eigenvalue weighted by molar-refractivity contribution is 5.44. The number of aliphatic hydroxyl groups is 1. The molecule has 4 rings (SSSR count). The Bertz CT molecular complexity index is 1100. The van der Waals surface area contributed by atoms with E-state index in [2.05, 4.69) is 4.90 Å². The molecule has 0 aliphatic heterocycles. The monoisotopic (exact) mass is 493 g/mol. The molecule has 0 unspecified atom stereocenters. The van der Waals surface area contributed by atoms with Crippen molar-refractivity contribution in [1.29, 1.82) is 0 Å². The molecule has 7 heteroatoms. The molecule has 7 nitrogen and oxygen atoms in total. The second-order valence-corrected chi connectivity index (χ2v) is 10.6. The van der Waals surface area contributed by atoms with Crippen LogP contribution in [0.15, 0.2) is 54.6 Å². The number of hydrogen-bond acceptors (Lipinski definition) is 6. The zero-order valence-corrected chi connectivity index (χ0v) is 22.1. The second-order valence-electron chi connectivity index (χ2n) is 10.6. The van der Waals surface area contributed by atoms with Gasteiger partial charge in [0.15, 0.2) is 0 Å². The maximum Gasteiger partial charge on any atom is 0.227 e. The van der Waals surface area contributed by atoms with Crippen molar-refractivity contribution in [2.75, 3.05) is 26.8 Å². The topological polar surface area (TPSA) is 69.0 Å². The van der Waals surface area contributed by atoms with Crippen LogP contribution in [0.2, 0.25) is 0 Å². The Morgan fingerprint density at radius 3 is 2.33 bits per heavy atom. The average molecular weight is 494 g/mol. The van der Waals surface area contributed by atoms with Crippen LogP contribution in [0.4, 0.5) is 0 Å². The van der Waals surface area contributed by atoms with Gasteiger partial charge in [-0.1, -0.05) is 18.2 Å². The zero-order valence-electron chi connectivity index (χ0n) is 22.1. The van der Waals surface area contributed by atoms with Crippen LogP contribution in [-0.2, 0) is 11.3 Å². The van der Waals surface area contributed by atoms with Crippen LogP contribution in [0, 0.1) is 12.8 Å². The number of ether oxygens (including phenoxy) is 3. The molecule has 36 heavy (non-hydrogen) atoms. The van der Waals surface area contributed by atoms with Gasteiger partial charge in [0.1, 0.15) is 11.5 Å². The van der Waals surface area contributed by atoms with Gasteiger partial charge in [-0.2, -0.15) is 5.10 Å². The minimum Gasteiger partial charge on any atom is -0.497 e. The molecule has 1 atom stereocenters.